The van der Waals surface area contributed by atoms with E-state index in [-0.39, 0.29) is 36.8 Å². The fraction of sp³-hybridized carbons (Fsp3) is 0.551. The Morgan fingerprint density at radius 1 is 0.954 bits per heavy atom. The maximum absolute atomic E-state index is 14.9. The van der Waals surface area contributed by atoms with Crippen molar-refractivity contribution in [2.45, 2.75) is 158 Å². The van der Waals surface area contributed by atoms with Crippen molar-refractivity contribution in [2.75, 3.05) is 6.54 Å². The summed E-state index contributed by atoms with van der Waals surface area (Å²) in [5.41, 5.74) is 2.74. The zero-order valence-electron chi connectivity index (χ0n) is 37.9. The number of alkyl carbamates (subject to hydrolysis) is 1. The van der Waals surface area contributed by atoms with Gasteiger partial charge in [-0.15, -0.1) is 0 Å². The first-order valence-corrected chi connectivity index (χ1v) is 24.7. The smallest absolute Gasteiger partial charge is 0.408 e. The van der Waals surface area contributed by atoms with Crippen molar-refractivity contribution in [3.05, 3.63) is 65.7 Å². The predicted molar refractivity (Wildman–Crippen MR) is 244 cm³/mol. The van der Waals surface area contributed by atoms with E-state index in [1.807, 2.05) is 49.4 Å². The van der Waals surface area contributed by atoms with Gasteiger partial charge in [0, 0.05) is 23.3 Å². The topological polar surface area (TPSA) is 199 Å². The molecule has 0 spiro atoms. The number of nitrogens with zero attached hydrogens (tertiary/aromatic N) is 3. The molecule has 16 heteroatoms. The monoisotopic (exact) mass is 908 g/mol. The molecule has 2 aliphatic heterocycles. The maximum Gasteiger partial charge on any atom is 0.408 e. The van der Waals surface area contributed by atoms with Gasteiger partial charge in [-0.3, -0.25) is 19.1 Å². The number of benzene rings is 2. The normalized spacial score (nSPS) is 26.1. The van der Waals surface area contributed by atoms with Crippen molar-refractivity contribution >= 4 is 55.9 Å². The fourth-order valence-corrected chi connectivity index (χ4v) is 10.8. The summed E-state index contributed by atoms with van der Waals surface area (Å²) in [5, 5.41) is 6.56. The van der Waals surface area contributed by atoms with Crippen LogP contribution in [-0.2, 0) is 34.6 Å². The van der Waals surface area contributed by atoms with Crippen molar-refractivity contribution < 1.29 is 41.5 Å². The Hall–Kier alpha value is -5.51. The molecule has 3 saturated carbocycles. The van der Waals surface area contributed by atoms with E-state index in [1.165, 1.54) is 4.90 Å². The molecule has 5 aliphatic rings. The molecule has 3 aliphatic carbocycles. The number of sulfonamides is 1. The second kappa shape index (κ2) is 17.0. The molecule has 4 amide bonds. The first-order chi connectivity index (χ1) is 30.9. The lowest BCUT2D eigenvalue weighted by molar-refractivity contribution is -0.141. The van der Waals surface area contributed by atoms with Crippen molar-refractivity contribution in [3.63, 3.8) is 0 Å². The molecule has 4 heterocycles. The minimum atomic E-state index is -4.02. The molecule has 4 fully saturated rings. The average Bonchev–Trinajstić information content (AvgIpc) is 3.93. The Labute approximate surface area is 379 Å². The average molecular weight is 909 g/mol. The van der Waals surface area contributed by atoms with Crippen LogP contribution in [0.1, 0.15) is 122 Å². The highest BCUT2D eigenvalue weighted by Gasteiger charge is 2.63. The molecule has 1 saturated heterocycles. The number of hydrogen-bond acceptors (Lipinski definition) is 11. The molecule has 15 nitrogen and oxygen atoms in total. The second-order valence-electron chi connectivity index (χ2n) is 20.2. The number of aromatic nitrogens is 2. The third kappa shape index (κ3) is 9.07. The summed E-state index contributed by atoms with van der Waals surface area (Å²) in [6, 6.07) is 11.7. The number of ether oxygens (including phenoxy) is 2. The van der Waals surface area contributed by atoms with Crippen molar-refractivity contribution in [1.82, 2.24) is 30.2 Å². The molecule has 65 heavy (non-hydrogen) atoms. The summed E-state index contributed by atoms with van der Waals surface area (Å²) in [6.07, 6.45) is 9.77. The van der Waals surface area contributed by atoms with Gasteiger partial charge in [-0.05, 0) is 101 Å². The highest BCUT2D eigenvalue weighted by Crippen LogP contribution is 2.48. The zero-order valence-corrected chi connectivity index (χ0v) is 38.7. The van der Waals surface area contributed by atoms with Gasteiger partial charge in [-0.1, -0.05) is 81.7 Å². The van der Waals surface area contributed by atoms with Gasteiger partial charge in [-0.25, -0.2) is 18.2 Å². The van der Waals surface area contributed by atoms with Crippen LogP contribution in [0.4, 0.5) is 4.79 Å². The molecule has 2 aromatic heterocycles. The van der Waals surface area contributed by atoms with Crippen LogP contribution in [0.2, 0.25) is 0 Å². The minimum absolute atomic E-state index is 0.00810. The van der Waals surface area contributed by atoms with Crippen LogP contribution >= 0.6 is 0 Å². The van der Waals surface area contributed by atoms with E-state index in [0.29, 0.717) is 54.6 Å². The summed E-state index contributed by atoms with van der Waals surface area (Å²) in [7, 11) is -4.02. The third-order valence-corrected chi connectivity index (χ3v) is 16.2. The lowest BCUT2D eigenvalue weighted by Crippen LogP contribution is -2.58. The van der Waals surface area contributed by atoms with Crippen LogP contribution < -0.4 is 20.1 Å². The van der Waals surface area contributed by atoms with E-state index in [9.17, 15) is 27.6 Å². The van der Waals surface area contributed by atoms with Crippen LogP contribution in [0.25, 0.3) is 33.5 Å². The molecular weight excluding hydrogens is 849 g/mol. The van der Waals surface area contributed by atoms with E-state index < -0.39 is 68.2 Å². The van der Waals surface area contributed by atoms with Crippen molar-refractivity contribution in [1.29, 1.82) is 0 Å². The fourth-order valence-electron chi connectivity index (χ4n) is 9.50. The van der Waals surface area contributed by atoms with Crippen LogP contribution in [0, 0.1) is 12.8 Å². The van der Waals surface area contributed by atoms with Gasteiger partial charge in [0.2, 0.25) is 27.4 Å². The van der Waals surface area contributed by atoms with Gasteiger partial charge in [0.15, 0.2) is 5.82 Å². The number of hydrogen-bond donors (Lipinski definition) is 3. The molecule has 0 radical (unpaired) electrons. The van der Waals surface area contributed by atoms with Gasteiger partial charge >= 0.3 is 6.09 Å². The number of nitrogens with one attached hydrogen (secondary N) is 3. The lowest BCUT2D eigenvalue weighted by atomic mass is 9.87. The molecule has 5 atom stereocenters. The second-order valence-corrected chi connectivity index (χ2v) is 22.4. The Balaban J connectivity index is 1.06. The molecule has 9 rings (SSSR count). The zero-order chi connectivity index (χ0) is 45.9. The quantitative estimate of drug-likeness (QED) is 0.149. The number of carbonyl (C=O) groups excluding carboxylic acids is 4. The Morgan fingerprint density at radius 3 is 2.42 bits per heavy atom. The highest BCUT2D eigenvalue weighted by molar-refractivity contribution is 7.91. The number of carbonyl (C=O) groups is 4. The van der Waals surface area contributed by atoms with Crippen LogP contribution in [0.5, 0.6) is 5.88 Å². The first-order valence-electron chi connectivity index (χ1n) is 23.2. The third-order valence-electron chi connectivity index (χ3n) is 14.1. The van der Waals surface area contributed by atoms with Crippen molar-refractivity contribution in [3.8, 4) is 17.3 Å². The molecule has 3 N–H and O–H groups in total. The molecule has 0 bridgehead atoms. The summed E-state index contributed by atoms with van der Waals surface area (Å²) in [5.74, 6) is -1.86. The Kier molecular flexibility index (Phi) is 11.7. The van der Waals surface area contributed by atoms with E-state index in [4.69, 9.17) is 23.9 Å². The first kappa shape index (κ1) is 44.7. The number of aryl methyl sites for hydroxylation is 1. The summed E-state index contributed by atoms with van der Waals surface area (Å²) >= 11 is 0. The van der Waals surface area contributed by atoms with Crippen molar-refractivity contribution in [2.24, 2.45) is 5.92 Å². The minimum Gasteiger partial charge on any atom is -0.470 e. The summed E-state index contributed by atoms with van der Waals surface area (Å²) < 4.78 is 46.8. The molecular formula is C49H60N6O9S. The number of fused-ring (bicyclic) bond motifs is 5. The highest BCUT2D eigenvalue weighted by atomic mass is 32.2. The van der Waals surface area contributed by atoms with Gasteiger partial charge in [0.1, 0.15) is 40.9 Å². The standard InChI is InChI=1S/C49H60N6O9S/c1-29-17-22-38-35(25-29)39-40(64-38)43(52-41(51-39)30-18-20-31(21-19-30)47(2,3)4)62-34-26-37-42(56)53-49(45(58)54-65(60,61)48(5)23-24-48)27-32(49)13-9-7-6-8-10-16-36(44(57)55(37)28-34)50-46(59)63-33-14-11-12-15-33/h9,13,17-22,25,32-34,36-37H,6-8,10-12,14-16,23-24,26-28H2,1-5H3,(H,50,59)(H,53,56)(H,54,58)/t32-,34-,36+,37+,49-/m1/s1. The SMILES string of the molecule is Cc1ccc2oc3c(O[C@@H]4C[C@H]5C(=O)N[C@]6(C(=O)NS(=O)(=O)C7(C)CC7)C[C@H]6C=CCCCCC[C@H](NC(=O)OC6CCCC6)C(=O)N5C4)nc(-c4ccc(C(C)(C)C)cc4)nc3c2c1. The summed E-state index contributed by atoms with van der Waals surface area (Å²) in [6.45, 7) is 9.95. The Morgan fingerprint density at radius 2 is 1.69 bits per heavy atom. The molecule has 2 aromatic carbocycles. The maximum atomic E-state index is 14.9. The van der Waals surface area contributed by atoms with E-state index in [0.717, 1.165) is 60.6 Å². The van der Waals surface area contributed by atoms with Crippen LogP contribution in [-0.4, -0.2) is 88.2 Å². The number of rotatable bonds is 8. The number of allylic oxidation sites excluding steroid dienone is 1. The molecule has 0 unspecified atom stereocenters. The number of furan rings is 1. The van der Waals surface area contributed by atoms with Gasteiger partial charge in [0.25, 0.3) is 11.8 Å². The van der Waals surface area contributed by atoms with Gasteiger partial charge in [0.05, 0.1) is 11.3 Å². The van der Waals surface area contributed by atoms with Crippen LogP contribution in [0.15, 0.2) is 59.0 Å². The van der Waals surface area contributed by atoms with E-state index in [1.54, 1.807) is 6.92 Å². The number of amides is 4. The molecule has 346 valence electrons. The van der Waals surface area contributed by atoms with Gasteiger partial charge < -0.3 is 29.4 Å². The van der Waals surface area contributed by atoms with Gasteiger partial charge in [-0.2, -0.15) is 4.98 Å². The molecule has 4 aromatic rings. The lowest BCUT2D eigenvalue weighted by Gasteiger charge is -2.30. The van der Waals surface area contributed by atoms with E-state index >= 15 is 0 Å². The van der Waals surface area contributed by atoms with Crippen LogP contribution in [0.3, 0.4) is 0 Å². The predicted octanol–water partition coefficient (Wildman–Crippen LogP) is 7.43. The van der Waals surface area contributed by atoms with E-state index in [2.05, 4.69) is 48.3 Å². The Bertz CT molecular complexity index is 2660. The summed E-state index contributed by atoms with van der Waals surface area (Å²) in [4.78, 5) is 68.4. The largest absolute Gasteiger partial charge is 0.470 e.